The quantitative estimate of drug-likeness (QED) is 0.858. The summed E-state index contributed by atoms with van der Waals surface area (Å²) in [7, 11) is 3.68. The summed E-state index contributed by atoms with van der Waals surface area (Å²) in [6, 6.07) is 4.04. The van der Waals surface area contributed by atoms with Gasteiger partial charge in [0.25, 0.3) is 0 Å². The summed E-state index contributed by atoms with van der Waals surface area (Å²) in [6.07, 6.45) is 4.51. The molecule has 100 valence electrons. The van der Waals surface area contributed by atoms with E-state index in [0.29, 0.717) is 5.88 Å². The molecule has 1 N–H and O–H groups in total. The first kappa shape index (κ1) is 13.3. The van der Waals surface area contributed by atoms with Crippen LogP contribution in [-0.4, -0.2) is 43.7 Å². The van der Waals surface area contributed by atoms with Gasteiger partial charge < -0.3 is 10.1 Å². The van der Waals surface area contributed by atoms with E-state index in [1.165, 1.54) is 31.5 Å². The van der Waals surface area contributed by atoms with Crippen molar-refractivity contribution in [2.24, 2.45) is 5.92 Å². The van der Waals surface area contributed by atoms with E-state index in [1.54, 1.807) is 7.11 Å². The van der Waals surface area contributed by atoms with Gasteiger partial charge in [0.15, 0.2) is 0 Å². The molecule has 1 aliphatic heterocycles. The van der Waals surface area contributed by atoms with Gasteiger partial charge in [-0.1, -0.05) is 6.07 Å². The molecule has 2 heterocycles. The molecule has 18 heavy (non-hydrogen) atoms. The number of nitrogens with one attached hydrogen (secondary N) is 1. The molecule has 0 bridgehead atoms. The Morgan fingerprint density at radius 1 is 1.39 bits per heavy atom. The van der Waals surface area contributed by atoms with E-state index < -0.39 is 0 Å². The third-order valence-corrected chi connectivity index (χ3v) is 3.61. The van der Waals surface area contributed by atoms with Crippen LogP contribution in [-0.2, 0) is 6.54 Å². The minimum atomic E-state index is 0.687. The number of pyridine rings is 1. The van der Waals surface area contributed by atoms with Crippen molar-refractivity contribution in [2.45, 2.75) is 19.4 Å². The zero-order valence-corrected chi connectivity index (χ0v) is 11.4. The van der Waals surface area contributed by atoms with E-state index in [9.17, 15) is 0 Å². The molecule has 0 aromatic carbocycles. The summed E-state index contributed by atoms with van der Waals surface area (Å²) in [4.78, 5) is 6.76. The lowest BCUT2D eigenvalue weighted by Gasteiger charge is -2.31. The molecule has 1 aromatic rings. The highest BCUT2D eigenvalue weighted by Crippen LogP contribution is 2.18. The average molecular weight is 249 g/mol. The topological polar surface area (TPSA) is 37.4 Å². The van der Waals surface area contributed by atoms with Gasteiger partial charge in [-0.25, -0.2) is 4.98 Å². The van der Waals surface area contributed by atoms with Crippen molar-refractivity contribution >= 4 is 0 Å². The number of hydrogen-bond acceptors (Lipinski definition) is 4. The zero-order valence-electron chi connectivity index (χ0n) is 11.4. The van der Waals surface area contributed by atoms with Gasteiger partial charge in [0.2, 0.25) is 5.88 Å². The largest absolute Gasteiger partial charge is 0.481 e. The fourth-order valence-corrected chi connectivity index (χ4v) is 2.52. The van der Waals surface area contributed by atoms with Crippen LogP contribution in [0.25, 0.3) is 0 Å². The Hall–Kier alpha value is -1.13. The predicted molar refractivity (Wildman–Crippen MR) is 72.7 cm³/mol. The Labute approximate surface area is 109 Å². The fourth-order valence-electron chi connectivity index (χ4n) is 2.52. The lowest BCUT2D eigenvalue weighted by Crippen LogP contribution is -2.36. The number of piperidine rings is 1. The molecule has 0 aliphatic carbocycles. The second-order valence-electron chi connectivity index (χ2n) is 4.99. The molecule has 2 rings (SSSR count). The molecule has 4 nitrogen and oxygen atoms in total. The van der Waals surface area contributed by atoms with Crippen molar-refractivity contribution in [1.82, 2.24) is 15.2 Å². The smallest absolute Gasteiger partial charge is 0.212 e. The van der Waals surface area contributed by atoms with Gasteiger partial charge in [0.1, 0.15) is 0 Å². The van der Waals surface area contributed by atoms with Gasteiger partial charge in [-0.05, 0) is 51.0 Å². The lowest BCUT2D eigenvalue weighted by molar-refractivity contribution is 0.176. The van der Waals surface area contributed by atoms with E-state index in [1.807, 2.05) is 19.3 Å². The number of rotatable bonds is 5. The summed E-state index contributed by atoms with van der Waals surface area (Å²) in [6.45, 7) is 4.54. The van der Waals surface area contributed by atoms with E-state index >= 15 is 0 Å². The summed E-state index contributed by atoms with van der Waals surface area (Å²) in [5.41, 5.74) is 1.27. The second-order valence-corrected chi connectivity index (χ2v) is 4.99. The normalized spacial score (nSPS) is 17.9. The van der Waals surface area contributed by atoms with Gasteiger partial charge in [-0.3, -0.25) is 4.90 Å². The fraction of sp³-hybridized carbons (Fsp3) is 0.643. The van der Waals surface area contributed by atoms with E-state index in [2.05, 4.69) is 21.3 Å². The molecule has 0 saturated carbocycles. The van der Waals surface area contributed by atoms with Crippen molar-refractivity contribution in [3.8, 4) is 5.88 Å². The van der Waals surface area contributed by atoms with Gasteiger partial charge in [0, 0.05) is 18.8 Å². The molecule has 4 heteroatoms. The summed E-state index contributed by atoms with van der Waals surface area (Å²) in [5.74, 6) is 1.53. The first-order chi connectivity index (χ1) is 8.81. The van der Waals surface area contributed by atoms with Crippen LogP contribution >= 0.6 is 0 Å². The SMILES string of the molecule is CNCC1CCN(Cc2ccc(OC)nc2)CC1. The molecule has 1 aliphatic rings. The van der Waals surface area contributed by atoms with Crippen LogP contribution in [0, 0.1) is 5.92 Å². The first-order valence-corrected chi connectivity index (χ1v) is 6.67. The van der Waals surface area contributed by atoms with Gasteiger partial charge in [-0.2, -0.15) is 0 Å². The molecule has 0 radical (unpaired) electrons. The van der Waals surface area contributed by atoms with E-state index in [4.69, 9.17) is 4.74 Å². The number of hydrogen-bond donors (Lipinski definition) is 1. The monoisotopic (exact) mass is 249 g/mol. The summed E-state index contributed by atoms with van der Waals surface area (Å²) >= 11 is 0. The molecular formula is C14H23N3O. The molecule has 0 unspecified atom stereocenters. The third kappa shape index (κ3) is 3.68. The molecular weight excluding hydrogens is 226 g/mol. The van der Waals surface area contributed by atoms with Crippen molar-refractivity contribution in [3.05, 3.63) is 23.9 Å². The van der Waals surface area contributed by atoms with Crippen LogP contribution in [0.1, 0.15) is 18.4 Å². The molecule has 0 atom stereocenters. The minimum absolute atomic E-state index is 0.687. The van der Waals surface area contributed by atoms with Gasteiger partial charge >= 0.3 is 0 Å². The number of nitrogens with zero attached hydrogens (tertiary/aromatic N) is 2. The van der Waals surface area contributed by atoms with E-state index in [0.717, 1.165) is 19.0 Å². The number of methoxy groups -OCH3 is 1. The van der Waals surface area contributed by atoms with Crippen molar-refractivity contribution in [2.75, 3.05) is 33.8 Å². The third-order valence-electron chi connectivity index (χ3n) is 3.61. The Morgan fingerprint density at radius 2 is 2.17 bits per heavy atom. The van der Waals surface area contributed by atoms with Crippen molar-refractivity contribution < 1.29 is 4.74 Å². The summed E-state index contributed by atoms with van der Waals surface area (Å²) < 4.78 is 5.07. The summed E-state index contributed by atoms with van der Waals surface area (Å²) in [5, 5.41) is 3.27. The maximum atomic E-state index is 5.07. The maximum Gasteiger partial charge on any atom is 0.212 e. The van der Waals surface area contributed by atoms with Crippen LogP contribution in [0.2, 0.25) is 0 Å². The second kappa shape index (κ2) is 6.71. The predicted octanol–water partition coefficient (Wildman–Crippen LogP) is 1.52. The van der Waals surface area contributed by atoms with Gasteiger partial charge in [0.05, 0.1) is 7.11 Å². The van der Waals surface area contributed by atoms with Crippen molar-refractivity contribution in [3.63, 3.8) is 0 Å². The van der Waals surface area contributed by atoms with Crippen LogP contribution in [0.5, 0.6) is 5.88 Å². The molecule has 1 aromatic heterocycles. The number of ether oxygens (including phenoxy) is 1. The molecule has 1 saturated heterocycles. The van der Waals surface area contributed by atoms with Gasteiger partial charge in [-0.15, -0.1) is 0 Å². The van der Waals surface area contributed by atoms with Crippen LogP contribution in [0.3, 0.4) is 0 Å². The molecule has 0 spiro atoms. The Morgan fingerprint density at radius 3 is 2.72 bits per heavy atom. The Bertz CT molecular complexity index is 345. The first-order valence-electron chi connectivity index (χ1n) is 6.67. The standard InChI is InChI=1S/C14H23N3O/c1-15-9-12-5-7-17(8-6-12)11-13-3-4-14(18-2)16-10-13/h3-4,10,12,15H,5-9,11H2,1-2H3. The minimum Gasteiger partial charge on any atom is -0.481 e. The number of aromatic nitrogens is 1. The molecule has 0 amide bonds. The Balaban J connectivity index is 1.80. The van der Waals surface area contributed by atoms with Crippen LogP contribution < -0.4 is 10.1 Å². The highest BCUT2D eigenvalue weighted by molar-refractivity contribution is 5.17. The number of likely N-dealkylation sites (tertiary alicyclic amines) is 1. The highest BCUT2D eigenvalue weighted by atomic mass is 16.5. The van der Waals surface area contributed by atoms with Crippen LogP contribution in [0.4, 0.5) is 0 Å². The van der Waals surface area contributed by atoms with Crippen LogP contribution in [0.15, 0.2) is 18.3 Å². The van der Waals surface area contributed by atoms with Crippen molar-refractivity contribution in [1.29, 1.82) is 0 Å². The zero-order chi connectivity index (χ0) is 12.8. The maximum absolute atomic E-state index is 5.07. The average Bonchev–Trinajstić information content (AvgIpc) is 2.42. The highest BCUT2D eigenvalue weighted by Gasteiger charge is 2.18. The van der Waals surface area contributed by atoms with E-state index in [-0.39, 0.29) is 0 Å². The Kier molecular flexibility index (Phi) is 4.96. The lowest BCUT2D eigenvalue weighted by atomic mass is 9.96. The molecule has 1 fully saturated rings.